The van der Waals surface area contributed by atoms with Crippen LogP contribution in [0.3, 0.4) is 0 Å². The van der Waals surface area contributed by atoms with Crippen molar-refractivity contribution in [2.75, 3.05) is 5.32 Å². The van der Waals surface area contributed by atoms with E-state index in [4.69, 9.17) is 16.7 Å². The molecule has 0 radical (unpaired) electrons. The first kappa shape index (κ1) is 10.3. The van der Waals surface area contributed by atoms with Crippen molar-refractivity contribution in [2.24, 2.45) is 0 Å². The van der Waals surface area contributed by atoms with Gasteiger partial charge in [0.05, 0.1) is 4.92 Å². The van der Waals surface area contributed by atoms with Crippen molar-refractivity contribution in [3.8, 4) is 0 Å². The van der Waals surface area contributed by atoms with Crippen molar-refractivity contribution in [1.29, 1.82) is 0 Å². The van der Waals surface area contributed by atoms with Crippen molar-refractivity contribution < 1.29 is 10.0 Å². The number of nitrogens with one attached hydrogen (secondary N) is 1. The molecular weight excluding hydrogens is 208 g/mol. The van der Waals surface area contributed by atoms with Gasteiger partial charge in [0.1, 0.15) is 0 Å². The molecule has 74 valence electrons. The molecule has 0 unspecified atom stereocenters. The molecule has 14 heavy (non-hydrogen) atoms. The number of benzene rings is 1. The topological polar surface area (TPSA) is 75.4 Å². The highest BCUT2D eigenvalue weighted by Crippen LogP contribution is 2.14. The third-order valence-electron chi connectivity index (χ3n) is 1.34. The Morgan fingerprint density at radius 2 is 2.07 bits per heavy atom. The summed E-state index contributed by atoms with van der Waals surface area (Å²) in [6.45, 7) is 0. The molecule has 1 aromatic carbocycles. The minimum Gasteiger partial charge on any atom is -0.490 e. The summed E-state index contributed by atoms with van der Waals surface area (Å²) in [4.78, 5) is 9.21. The maximum absolute atomic E-state index is 9.96. The maximum Gasteiger partial charge on any atom is 0.293 e. The normalized spacial score (nSPS) is 11.1. The van der Waals surface area contributed by atoms with E-state index in [1.165, 1.54) is 0 Å². The van der Waals surface area contributed by atoms with Crippen molar-refractivity contribution in [2.45, 2.75) is 0 Å². The van der Waals surface area contributed by atoms with E-state index in [9.17, 15) is 10.1 Å². The monoisotopic (exact) mass is 214 g/mol. The van der Waals surface area contributed by atoms with Gasteiger partial charge >= 0.3 is 0 Å². The number of aliphatic hydroxyl groups is 1. The molecule has 0 aliphatic carbocycles. The first-order valence-corrected chi connectivity index (χ1v) is 4.02. The summed E-state index contributed by atoms with van der Waals surface area (Å²) in [6, 6.07) is 6.38. The Labute approximate surface area is 84.8 Å². The van der Waals surface area contributed by atoms with Crippen LogP contribution in [0.5, 0.6) is 0 Å². The second-order valence-electron chi connectivity index (χ2n) is 2.43. The van der Waals surface area contributed by atoms with Gasteiger partial charge in [-0.05, 0) is 24.3 Å². The van der Waals surface area contributed by atoms with Gasteiger partial charge in [0.15, 0.2) is 0 Å². The number of anilines is 1. The Hall–Kier alpha value is -1.75. The van der Waals surface area contributed by atoms with E-state index in [2.05, 4.69) is 5.32 Å². The van der Waals surface area contributed by atoms with Crippen LogP contribution in [0.2, 0.25) is 5.02 Å². The minimum atomic E-state index is -0.752. The zero-order valence-electron chi connectivity index (χ0n) is 6.98. The number of rotatable bonds is 3. The summed E-state index contributed by atoms with van der Waals surface area (Å²) in [5, 5.41) is 21.9. The van der Waals surface area contributed by atoms with E-state index in [0.717, 1.165) is 0 Å². The zero-order valence-corrected chi connectivity index (χ0v) is 7.73. The zero-order chi connectivity index (χ0) is 10.6. The van der Waals surface area contributed by atoms with Crippen LogP contribution in [-0.2, 0) is 0 Å². The van der Waals surface area contributed by atoms with Gasteiger partial charge in [-0.1, -0.05) is 11.6 Å². The fourth-order valence-corrected chi connectivity index (χ4v) is 0.939. The number of hydrogen-bond acceptors (Lipinski definition) is 4. The first-order valence-electron chi connectivity index (χ1n) is 3.65. The van der Waals surface area contributed by atoms with E-state index in [-0.39, 0.29) is 0 Å². The number of aliphatic hydroxyl groups excluding tert-OH is 1. The second kappa shape index (κ2) is 4.48. The summed E-state index contributed by atoms with van der Waals surface area (Å²) in [7, 11) is 0. The highest BCUT2D eigenvalue weighted by molar-refractivity contribution is 6.30. The second-order valence-corrected chi connectivity index (χ2v) is 2.87. The van der Waals surface area contributed by atoms with Gasteiger partial charge in [-0.25, -0.2) is 0 Å². The summed E-state index contributed by atoms with van der Waals surface area (Å²) in [5.41, 5.74) is 0.519. The van der Waals surface area contributed by atoms with Crippen LogP contribution in [0.25, 0.3) is 0 Å². The largest absolute Gasteiger partial charge is 0.490 e. The van der Waals surface area contributed by atoms with Gasteiger partial charge in [-0.3, -0.25) is 10.1 Å². The Bertz CT molecular complexity index is 361. The van der Waals surface area contributed by atoms with Crippen molar-refractivity contribution >= 4 is 17.3 Å². The molecule has 0 aromatic heterocycles. The average Bonchev–Trinajstić information content (AvgIpc) is 2.07. The molecule has 0 bridgehead atoms. The fourth-order valence-electron chi connectivity index (χ4n) is 0.813. The number of halogens is 1. The van der Waals surface area contributed by atoms with E-state index in [1.54, 1.807) is 24.3 Å². The molecule has 2 N–H and O–H groups in total. The fraction of sp³-hybridized carbons (Fsp3) is 0. The molecule has 1 rings (SSSR count). The van der Waals surface area contributed by atoms with E-state index in [0.29, 0.717) is 16.9 Å². The van der Waals surface area contributed by atoms with Gasteiger partial charge in [0.25, 0.3) is 12.1 Å². The molecule has 0 saturated carbocycles. The highest BCUT2D eigenvalue weighted by Gasteiger charge is 1.99. The molecule has 0 fully saturated rings. The van der Waals surface area contributed by atoms with Gasteiger partial charge in [0.2, 0.25) is 0 Å². The Morgan fingerprint density at radius 3 is 2.57 bits per heavy atom. The molecule has 0 aliphatic rings. The molecule has 0 atom stereocenters. The van der Waals surface area contributed by atoms with E-state index in [1.807, 2.05) is 0 Å². The quantitative estimate of drug-likeness (QED) is 0.460. The maximum atomic E-state index is 9.96. The molecule has 1 aromatic rings. The SMILES string of the molecule is O=[N+]([O-])/C=C(/O)Nc1ccc(Cl)cc1. The van der Waals surface area contributed by atoms with Gasteiger partial charge in [-0.15, -0.1) is 0 Å². The summed E-state index contributed by atoms with van der Waals surface area (Å²) in [5.74, 6) is -0.530. The van der Waals surface area contributed by atoms with E-state index >= 15 is 0 Å². The van der Waals surface area contributed by atoms with Crippen molar-refractivity contribution in [1.82, 2.24) is 0 Å². The van der Waals surface area contributed by atoms with Crippen LogP contribution < -0.4 is 5.32 Å². The van der Waals surface area contributed by atoms with Crippen molar-refractivity contribution in [3.63, 3.8) is 0 Å². The molecule has 5 nitrogen and oxygen atoms in total. The Morgan fingerprint density at radius 1 is 1.50 bits per heavy atom. The lowest BCUT2D eigenvalue weighted by Crippen LogP contribution is -2.00. The Balaban J connectivity index is 2.69. The standard InChI is InChI=1S/C8H7ClN2O3/c9-6-1-3-7(4-2-6)10-8(12)5-11(13)14/h1-5,10,12H/b8-5+. The molecule has 0 spiro atoms. The van der Waals surface area contributed by atoms with Crippen LogP contribution >= 0.6 is 11.6 Å². The highest BCUT2D eigenvalue weighted by atomic mass is 35.5. The molecule has 0 aliphatic heterocycles. The Kier molecular flexibility index (Phi) is 3.30. The predicted octanol–water partition coefficient (Wildman–Crippen LogP) is 2.39. The number of nitro groups is 1. The van der Waals surface area contributed by atoms with Crippen molar-refractivity contribution in [3.05, 3.63) is 51.5 Å². The third kappa shape index (κ3) is 3.32. The molecule has 0 saturated heterocycles. The van der Waals surface area contributed by atoms with Gasteiger partial charge in [0, 0.05) is 10.7 Å². The molecule has 0 heterocycles. The number of nitrogens with zero attached hydrogens (tertiary/aromatic N) is 1. The summed E-state index contributed by atoms with van der Waals surface area (Å²) >= 11 is 5.62. The smallest absolute Gasteiger partial charge is 0.293 e. The summed E-state index contributed by atoms with van der Waals surface area (Å²) in [6.07, 6.45) is 0.467. The minimum absolute atomic E-state index is 0.467. The molecule has 6 heteroatoms. The molecule has 0 amide bonds. The molecular formula is C8H7ClN2O3. The average molecular weight is 215 g/mol. The van der Waals surface area contributed by atoms with Gasteiger partial charge in [-0.2, -0.15) is 0 Å². The number of hydrogen-bond donors (Lipinski definition) is 2. The third-order valence-corrected chi connectivity index (χ3v) is 1.60. The van der Waals surface area contributed by atoms with Crippen LogP contribution in [0, 0.1) is 10.1 Å². The first-order chi connectivity index (χ1) is 6.58. The van der Waals surface area contributed by atoms with Crippen LogP contribution in [0.1, 0.15) is 0 Å². The van der Waals surface area contributed by atoms with E-state index < -0.39 is 10.8 Å². The predicted molar refractivity (Wildman–Crippen MR) is 52.8 cm³/mol. The van der Waals surface area contributed by atoms with Crippen LogP contribution in [0.4, 0.5) is 5.69 Å². The van der Waals surface area contributed by atoms with Gasteiger partial charge < -0.3 is 10.4 Å². The van der Waals surface area contributed by atoms with Crippen LogP contribution in [0.15, 0.2) is 36.3 Å². The summed E-state index contributed by atoms with van der Waals surface area (Å²) < 4.78 is 0. The lowest BCUT2D eigenvalue weighted by Gasteiger charge is -2.01. The lowest BCUT2D eigenvalue weighted by atomic mass is 10.3. The van der Waals surface area contributed by atoms with Crippen LogP contribution in [-0.4, -0.2) is 10.0 Å². The lowest BCUT2D eigenvalue weighted by molar-refractivity contribution is -0.404.